The van der Waals surface area contributed by atoms with E-state index < -0.39 is 119 Å². The van der Waals surface area contributed by atoms with Crippen LogP contribution in [0.4, 0.5) is 5.69 Å². The number of nitro benzene ring substituents is 1. The zero-order chi connectivity index (χ0) is 58.9. The van der Waals surface area contributed by atoms with Crippen molar-refractivity contribution in [2.24, 2.45) is 5.73 Å². The first-order chi connectivity index (χ1) is 39.4. The maximum Gasteiger partial charge on any atom is 0.334 e. The van der Waals surface area contributed by atoms with Gasteiger partial charge in [-0.3, -0.25) is 53.3 Å². The van der Waals surface area contributed by atoms with Crippen molar-refractivity contribution >= 4 is 64.8 Å². The lowest BCUT2D eigenvalue weighted by Gasteiger charge is -2.30. The first-order valence-corrected chi connectivity index (χ1v) is 27.5. The highest BCUT2D eigenvalue weighted by Gasteiger charge is 2.42. The Morgan fingerprint density at radius 2 is 0.976 bits per heavy atom. The van der Waals surface area contributed by atoms with Gasteiger partial charge in [0.15, 0.2) is 0 Å². The van der Waals surface area contributed by atoms with Gasteiger partial charge in [0.25, 0.3) is 5.69 Å². The minimum atomic E-state index is -1.36. The molecule has 4 fully saturated rings. The smallest absolute Gasteiger partial charge is 0.334 e. The van der Waals surface area contributed by atoms with Gasteiger partial charge in [0.1, 0.15) is 54.1 Å². The van der Waals surface area contributed by atoms with Crippen LogP contribution < -0.4 is 37.1 Å². The van der Waals surface area contributed by atoms with Gasteiger partial charge in [-0.25, -0.2) is 4.79 Å². The Bertz CT molecular complexity index is 2790. The monoisotopic (exact) mass is 1150 g/mol. The van der Waals surface area contributed by atoms with Crippen LogP contribution in [-0.4, -0.2) is 184 Å². The molecule has 0 radical (unpaired) electrons. The van der Waals surface area contributed by atoms with E-state index in [4.69, 9.17) is 19.9 Å². The number of nitro groups is 1. The number of non-ortho nitro benzene ring substituents is 1. The fourth-order valence-electron chi connectivity index (χ4n) is 10.5. The lowest BCUT2D eigenvalue weighted by atomic mass is 10.1. The predicted molar refractivity (Wildman–Crippen MR) is 298 cm³/mol. The number of esters is 1. The van der Waals surface area contributed by atoms with Crippen LogP contribution in [-0.2, 0) is 70.6 Å². The minimum Gasteiger partial charge on any atom is -0.425 e. The maximum atomic E-state index is 14.1. The van der Waals surface area contributed by atoms with Gasteiger partial charge in [-0.15, -0.1) is 0 Å². The molecule has 0 spiro atoms. The summed E-state index contributed by atoms with van der Waals surface area (Å²) in [5.74, 6) is -6.34. The van der Waals surface area contributed by atoms with Crippen molar-refractivity contribution in [1.82, 2.24) is 46.2 Å². The molecule has 83 heavy (non-hydrogen) atoms. The predicted octanol–water partition coefficient (Wildman–Crippen LogP) is 0.588. The number of nitrogens with two attached hydrogens (primary N) is 1. The third kappa shape index (κ3) is 17.1. The molecular formula is C57H75N11O15. The van der Waals surface area contributed by atoms with Crippen LogP contribution in [0.3, 0.4) is 0 Å². The molecule has 0 unspecified atom stereocenters. The SMILES string of the molecule is C.C[C@@H](NC(=O)[C@H](COCc1ccccc1)NC(=O)[C@@H]1CCCN1C(=O)CN)C(=O)N1CCC[C@H]1C(=O)NCC(=O)N1CCC[C@H]1C(=O)N[C@@H](COCc1ccccc1)C(=O)N[C@H](C)C(=O)N1CCC[C@H]1C(=O)Oc1ccc([N+](=O)[O-])cc1. The highest BCUT2D eigenvalue weighted by atomic mass is 16.6. The normalized spacial score (nSPS) is 19.7. The topological polar surface area (TPSA) is 341 Å². The number of hydrogen-bond acceptors (Lipinski definition) is 16. The van der Waals surface area contributed by atoms with Crippen LogP contribution in [0, 0.1) is 10.1 Å². The number of carbonyl (C=O) groups is 10. The fraction of sp³-hybridized carbons (Fsp3) is 0.509. The molecule has 3 aromatic carbocycles. The Labute approximate surface area is 480 Å². The summed E-state index contributed by atoms with van der Waals surface area (Å²) in [7, 11) is 0. The van der Waals surface area contributed by atoms with Crippen molar-refractivity contribution in [3.05, 3.63) is 106 Å². The maximum absolute atomic E-state index is 14.1. The zero-order valence-corrected chi connectivity index (χ0v) is 45.9. The Hall–Kier alpha value is -8.36. The van der Waals surface area contributed by atoms with Crippen molar-refractivity contribution in [1.29, 1.82) is 0 Å². The summed E-state index contributed by atoms with van der Waals surface area (Å²) in [4.78, 5) is 152. The van der Waals surface area contributed by atoms with E-state index >= 15 is 0 Å². The quantitative estimate of drug-likeness (QED) is 0.0293. The first-order valence-electron chi connectivity index (χ1n) is 27.5. The molecule has 0 aromatic heterocycles. The van der Waals surface area contributed by atoms with Crippen LogP contribution in [0.25, 0.3) is 0 Å². The molecule has 4 aliphatic heterocycles. The second-order valence-electron chi connectivity index (χ2n) is 20.5. The molecule has 9 amide bonds. The molecule has 0 bridgehead atoms. The molecule has 8 atom stereocenters. The van der Waals surface area contributed by atoms with Crippen molar-refractivity contribution in [2.45, 2.75) is 134 Å². The zero-order valence-electron chi connectivity index (χ0n) is 45.9. The van der Waals surface area contributed by atoms with E-state index in [0.29, 0.717) is 38.6 Å². The Kier molecular flexibility index (Phi) is 23.5. The van der Waals surface area contributed by atoms with Gasteiger partial charge >= 0.3 is 5.97 Å². The van der Waals surface area contributed by atoms with Gasteiger partial charge < -0.3 is 66.1 Å². The summed E-state index contributed by atoms with van der Waals surface area (Å²) in [6.07, 6.45) is 2.99. The van der Waals surface area contributed by atoms with Gasteiger partial charge in [-0.05, 0) is 88.5 Å². The number of carbonyl (C=O) groups excluding carboxylic acids is 10. The molecule has 26 heteroatoms. The third-order valence-corrected chi connectivity index (χ3v) is 14.8. The van der Waals surface area contributed by atoms with Crippen molar-refractivity contribution in [3.63, 3.8) is 0 Å². The highest BCUT2D eigenvalue weighted by Crippen LogP contribution is 2.25. The van der Waals surface area contributed by atoms with Crippen molar-refractivity contribution in [2.75, 3.05) is 52.5 Å². The van der Waals surface area contributed by atoms with E-state index in [-0.39, 0.29) is 90.7 Å². The average molecular weight is 1150 g/mol. The van der Waals surface area contributed by atoms with Crippen LogP contribution in [0.15, 0.2) is 84.9 Å². The molecule has 26 nitrogen and oxygen atoms in total. The van der Waals surface area contributed by atoms with Crippen LogP contribution in [0.2, 0.25) is 0 Å². The standard InChI is InChI=1S/C56H71N11O15.CH4/c1-35(59-49(70)41(33-80-31-37-13-5-3-6-14-37)61-52(73)44-18-9-25-63(44)47(68)29-57)54(75)65-27-11-17-43(65)51(72)58-30-48(69)64-26-10-19-45(64)53(74)62-42(34-81-32-38-15-7-4-8-16-38)50(71)60-36(2)55(76)66-28-12-20-46(66)56(77)82-40-23-21-39(22-24-40)67(78)79;/h3-8,13-16,21-24,35-36,41-46H,9-12,17-20,25-34,57H2,1-2H3,(H,58,72)(H,59,70)(H,60,71)(H,61,73)(H,62,74);1H4/t35-,36-,41+,42+,43+,44+,45+,46+;/m1./s1. The van der Waals surface area contributed by atoms with Gasteiger partial charge in [0, 0.05) is 38.3 Å². The van der Waals surface area contributed by atoms with E-state index in [1.54, 1.807) is 12.1 Å². The van der Waals surface area contributed by atoms with Crippen LogP contribution >= 0.6 is 0 Å². The number of nitrogens with one attached hydrogen (secondary N) is 5. The lowest BCUT2D eigenvalue weighted by molar-refractivity contribution is -0.384. The Balaban J connectivity index is 0.0000111. The van der Waals surface area contributed by atoms with Gasteiger partial charge in [0.2, 0.25) is 53.2 Å². The molecule has 7 N–H and O–H groups in total. The molecule has 0 saturated carbocycles. The minimum absolute atomic E-state index is 0. The fourth-order valence-corrected chi connectivity index (χ4v) is 10.5. The Morgan fingerprint density at radius 3 is 1.42 bits per heavy atom. The summed E-state index contributed by atoms with van der Waals surface area (Å²) in [6, 6.07) is 14.2. The molecule has 3 aromatic rings. The second kappa shape index (κ2) is 30.6. The number of hydrogen-bond donors (Lipinski definition) is 6. The van der Waals surface area contributed by atoms with E-state index in [0.717, 1.165) is 11.1 Å². The average Bonchev–Trinajstić information content (AvgIpc) is 4.40. The van der Waals surface area contributed by atoms with Crippen LogP contribution in [0.1, 0.15) is 83.8 Å². The van der Waals surface area contributed by atoms with Gasteiger partial charge in [-0.1, -0.05) is 68.1 Å². The number of likely N-dealkylation sites (tertiary alicyclic amines) is 4. The number of amides is 9. The van der Waals surface area contributed by atoms with E-state index in [1.807, 2.05) is 48.5 Å². The second-order valence-corrected chi connectivity index (χ2v) is 20.5. The summed E-state index contributed by atoms with van der Waals surface area (Å²) in [5, 5.41) is 24.4. The number of nitrogens with zero attached hydrogens (tertiary/aromatic N) is 5. The molecule has 448 valence electrons. The third-order valence-electron chi connectivity index (χ3n) is 14.8. The summed E-state index contributed by atoms with van der Waals surface area (Å²) in [6.45, 7) is 2.47. The van der Waals surface area contributed by atoms with E-state index in [1.165, 1.54) is 57.7 Å². The Morgan fingerprint density at radius 1 is 0.566 bits per heavy atom. The first kappa shape index (κ1) is 63.8. The van der Waals surface area contributed by atoms with Crippen molar-refractivity contribution < 1.29 is 67.1 Å². The molecule has 0 aliphatic carbocycles. The van der Waals surface area contributed by atoms with Gasteiger partial charge in [-0.2, -0.15) is 0 Å². The van der Waals surface area contributed by atoms with Crippen LogP contribution in [0.5, 0.6) is 5.75 Å². The largest absolute Gasteiger partial charge is 0.425 e. The molecule has 4 aliphatic rings. The van der Waals surface area contributed by atoms with E-state index in [2.05, 4.69) is 26.6 Å². The number of rotatable bonds is 25. The van der Waals surface area contributed by atoms with E-state index in [9.17, 15) is 58.1 Å². The molecule has 7 rings (SSSR count). The van der Waals surface area contributed by atoms with Gasteiger partial charge in [0.05, 0.1) is 44.4 Å². The summed E-state index contributed by atoms with van der Waals surface area (Å²) in [5.41, 5.74) is 6.98. The highest BCUT2D eigenvalue weighted by molar-refractivity contribution is 5.98. The summed E-state index contributed by atoms with van der Waals surface area (Å²) < 4.78 is 17.2. The number of benzene rings is 3. The molecular weight excluding hydrogens is 1080 g/mol. The van der Waals surface area contributed by atoms with Crippen molar-refractivity contribution in [3.8, 4) is 5.75 Å². The molecule has 4 saturated heterocycles. The number of ether oxygens (including phenoxy) is 3. The molecule has 4 heterocycles. The summed E-state index contributed by atoms with van der Waals surface area (Å²) >= 11 is 0. The lowest BCUT2D eigenvalue weighted by Crippen LogP contribution is -2.59.